The third kappa shape index (κ3) is 1.14. The van der Waals surface area contributed by atoms with Gasteiger partial charge in [-0.15, -0.1) is 0 Å². The molecule has 1 aromatic heterocycles. The first-order valence-electron chi connectivity index (χ1n) is 2.63. The molecule has 3 nitrogen and oxygen atoms in total. The van der Waals surface area contributed by atoms with Crippen molar-refractivity contribution in [2.75, 3.05) is 5.73 Å². The molecule has 0 aliphatic carbocycles. The fourth-order valence-corrected chi connectivity index (χ4v) is 0.766. The van der Waals surface area contributed by atoms with E-state index >= 15 is 0 Å². The van der Waals surface area contributed by atoms with E-state index in [0.29, 0.717) is 16.0 Å². The van der Waals surface area contributed by atoms with Crippen LogP contribution in [0.25, 0.3) is 0 Å². The molecule has 1 heterocycles. The molecule has 0 atom stereocenters. The largest absolute Gasteiger partial charge is 0.384 e. The lowest BCUT2D eigenvalue weighted by Gasteiger charge is -1.93. The van der Waals surface area contributed by atoms with Gasteiger partial charge < -0.3 is 10.7 Å². The van der Waals surface area contributed by atoms with Crippen LogP contribution in [0, 0.1) is 16.0 Å². The summed E-state index contributed by atoms with van der Waals surface area (Å²) in [6.45, 7) is 0. The lowest BCUT2D eigenvalue weighted by Crippen LogP contribution is -1.93. The number of nitrogens with zero attached hydrogens (tertiary/aromatic N) is 1. The van der Waals surface area contributed by atoms with Crippen LogP contribution in [0.4, 0.5) is 5.82 Å². The standard InChI is InChI=1S/C6H5N3S/c7-3-4-1-2-5(10)9-6(4)8/h1-2H,(H3,8,9,10). The van der Waals surface area contributed by atoms with Crippen LogP contribution < -0.4 is 5.73 Å². The Balaban J connectivity index is 3.37. The van der Waals surface area contributed by atoms with Crippen molar-refractivity contribution in [1.82, 2.24) is 4.98 Å². The van der Waals surface area contributed by atoms with E-state index in [2.05, 4.69) is 4.98 Å². The number of nitrogen functional groups attached to an aromatic ring is 1. The van der Waals surface area contributed by atoms with Crippen LogP contribution in [-0.2, 0) is 0 Å². The highest BCUT2D eigenvalue weighted by atomic mass is 32.1. The Hall–Kier alpha value is -1.34. The summed E-state index contributed by atoms with van der Waals surface area (Å²) in [5, 5.41) is 8.43. The van der Waals surface area contributed by atoms with Gasteiger partial charge in [0.2, 0.25) is 0 Å². The molecule has 4 heteroatoms. The van der Waals surface area contributed by atoms with Gasteiger partial charge in [-0.2, -0.15) is 5.26 Å². The van der Waals surface area contributed by atoms with Gasteiger partial charge in [0, 0.05) is 0 Å². The van der Waals surface area contributed by atoms with Crippen molar-refractivity contribution >= 4 is 18.0 Å². The van der Waals surface area contributed by atoms with E-state index in [9.17, 15) is 0 Å². The predicted molar refractivity (Wildman–Crippen MR) is 40.8 cm³/mol. The van der Waals surface area contributed by atoms with Gasteiger partial charge in [-0.25, -0.2) is 0 Å². The van der Waals surface area contributed by atoms with Crippen molar-refractivity contribution in [3.8, 4) is 6.07 Å². The lowest BCUT2D eigenvalue weighted by molar-refractivity contribution is 1.29. The summed E-state index contributed by atoms with van der Waals surface area (Å²) in [4.78, 5) is 2.66. The Morgan fingerprint density at radius 1 is 1.60 bits per heavy atom. The maximum atomic E-state index is 8.43. The SMILES string of the molecule is N#Cc1ccc(=S)[nH]c1N. The Morgan fingerprint density at radius 2 is 2.30 bits per heavy atom. The van der Waals surface area contributed by atoms with Gasteiger partial charge in [0.1, 0.15) is 16.5 Å². The van der Waals surface area contributed by atoms with Crippen molar-refractivity contribution < 1.29 is 0 Å². The highest BCUT2D eigenvalue weighted by molar-refractivity contribution is 7.71. The molecular weight excluding hydrogens is 146 g/mol. The number of H-pyrrole nitrogens is 1. The average Bonchev–Trinajstić information content (AvgIpc) is 1.88. The third-order valence-electron chi connectivity index (χ3n) is 1.07. The van der Waals surface area contributed by atoms with Crippen molar-refractivity contribution in [3.05, 3.63) is 22.3 Å². The summed E-state index contributed by atoms with van der Waals surface area (Å²) in [7, 11) is 0. The Morgan fingerprint density at radius 3 is 2.80 bits per heavy atom. The number of aromatic nitrogens is 1. The van der Waals surface area contributed by atoms with Gasteiger partial charge in [-0.05, 0) is 12.1 Å². The Bertz CT molecular complexity index is 334. The Kier molecular flexibility index (Phi) is 1.69. The molecule has 3 N–H and O–H groups in total. The quantitative estimate of drug-likeness (QED) is 0.547. The molecule has 0 saturated heterocycles. The molecule has 0 bridgehead atoms. The third-order valence-corrected chi connectivity index (χ3v) is 1.31. The van der Waals surface area contributed by atoms with E-state index in [-0.39, 0.29) is 0 Å². The van der Waals surface area contributed by atoms with Crippen molar-refractivity contribution in [1.29, 1.82) is 5.26 Å². The fourth-order valence-electron chi connectivity index (χ4n) is 0.588. The number of rotatable bonds is 0. The zero-order valence-electron chi connectivity index (χ0n) is 5.09. The molecule has 0 aromatic carbocycles. The minimum atomic E-state index is 0.329. The molecule has 50 valence electrons. The normalized spacial score (nSPS) is 8.70. The van der Waals surface area contributed by atoms with Crippen molar-refractivity contribution in [2.24, 2.45) is 0 Å². The zero-order valence-corrected chi connectivity index (χ0v) is 5.90. The van der Waals surface area contributed by atoms with Gasteiger partial charge in [0.25, 0.3) is 0 Å². The van der Waals surface area contributed by atoms with E-state index in [1.807, 2.05) is 6.07 Å². The molecule has 0 amide bonds. The summed E-state index contributed by atoms with van der Waals surface area (Å²) in [6.07, 6.45) is 0. The molecule has 0 aliphatic heterocycles. The van der Waals surface area contributed by atoms with Crippen molar-refractivity contribution in [3.63, 3.8) is 0 Å². The van der Waals surface area contributed by atoms with Crippen molar-refractivity contribution in [2.45, 2.75) is 0 Å². The van der Waals surface area contributed by atoms with E-state index in [0.717, 1.165) is 0 Å². The van der Waals surface area contributed by atoms with E-state index in [4.69, 9.17) is 23.2 Å². The maximum Gasteiger partial charge on any atom is 0.119 e. The first-order valence-corrected chi connectivity index (χ1v) is 3.04. The molecule has 0 radical (unpaired) electrons. The second-order valence-corrected chi connectivity index (χ2v) is 2.20. The first kappa shape index (κ1) is 6.78. The summed E-state index contributed by atoms with van der Waals surface area (Å²) in [5.74, 6) is 0.329. The van der Waals surface area contributed by atoms with Gasteiger partial charge in [0.15, 0.2) is 0 Å². The Labute approximate surface area is 63.1 Å². The smallest absolute Gasteiger partial charge is 0.119 e. The summed E-state index contributed by atoms with van der Waals surface area (Å²) < 4.78 is 0.538. The van der Waals surface area contributed by atoms with Crippen LogP contribution in [0.2, 0.25) is 0 Å². The van der Waals surface area contributed by atoms with Crippen LogP contribution in [0.5, 0.6) is 0 Å². The second-order valence-electron chi connectivity index (χ2n) is 1.76. The predicted octanol–water partition coefficient (Wildman–Crippen LogP) is 1.20. The molecule has 0 aliphatic rings. The molecule has 0 unspecified atom stereocenters. The molecule has 0 saturated carbocycles. The minimum absolute atomic E-state index is 0.329. The monoisotopic (exact) mass is 151 g/mol. The number of hydrogen-bond acceptors (Lipinski definition) is 3. The van der Waals surface area contributed by atoms with E-state index in [1.165, 1.54) is 0 Å². The van der Waals surface area contributed by atoms with Gasteiger partial charge >= 0.3 is 0 Å². The van der Waals surface area contributed by atoms with E-state index in [1.54, 1.807) is 12.1 Å². The maximum absolute atomic E-state index is 8.43. The highest BCUT2D eigenvalue weighted by Crippen LogP contribution is 2.04. The van der Waals surface area contributed by atoms with Gasteiger partial charge in [-0.3, -0.25) is 0 Å². The number of pyridine rings is 1. The lowest BCUT2D eigenvalue weighted by atomic mass is 10.3. The topological polar surface area (TPSA) is 65.6 Å². The van der Waals surface area contributed by atoms with Crippen LogP contribution in [-0.4, -0.2) is 4.98 Å². The molecule has 0 fully saturated rings. The average molecular weight is 151 g/mol. The number of aromatic amines is 1. The number of nitrogens with two attached hydrogens (primary N) is 1. The zero-order chi connectivity index (χ0) is 7.56. The molecule has 10 heavy (non-hydrogen) atoms. The van der Waals surface area contributed by atoms with Crippen LogP contribution >= 0.6 is 12.2 Å². The number of nitriles is 1. The summed E-state index contributed by atoms with van der Waals surface area (Å²) >= 11 is 4.76. The highest BCUT2D eigenvalue weighted by Gasteiger charge is 1.93. The van der Waals surface area contributed by atoms with Crippen LogP contribution in [0.3, 0.4) is 0 Å². The minimum Gasteiger partial charge on any atom is -0.384 e. The number of hydrogen-bond donors (Lipinski definition) is 2. The number of anilines is 1. The van der Waals surface area contributed by atoms with Crippen LogP contribution in [0.1, 0.15) is 5.56 Å². The van der Waals surface area contributed by atoms with Gasteiger partial charge in [-0.1, -0.05) is 12.2 Å². The van der Waals surface area contributed by atoms with E-state index < -0.39 is 0 Å². The summed E-state index contributed by atoms with van der Waals surface area (Å²) in [5.41, 5.74) is 5.81. The molecular formula is C6H5N3S. The van der Waals surface area contributed by atoms with Crippen LogP contribution in [0.15, 0.2) is 12.1 Å². The molecule has 1 aromatic rings. The van der Waals surface area contributed by atoms with Gasteiger partial charge in [0.05, 0.1) is 5.56 Å². The number of nitrogens with one attached hydrogen (secondary N) is 1. The fraction of sp³-hybridized carbons (Fsp3) is 0. The first-order chi connectivity index (χ1) is 4.74. The molecule has 1 rings (SSSR count). The molecule has 0 spiro atoms. The summed E-state index contributed by atoms with van der Waals surface area (Å²) in [6, 6.07) is 5.14. The second kappa shape index (κ2) is 2.50.